The summed E-state index contributed by atoms with van der Waals surface area (Å²) in [4.78, 5) is 9.16. The van der Waals surface area contributed by atoms with Crippen LogP contribution in [0, 0.1) is 23.0 Å². The summed E-state index contributed by atoms with van der Waals surface area (Å²) in [5.41, 5.74) is 3.98. The molecule has 1 atom stereocenters. The Kier molecular flexibility index (Phi) is 8.83. The van der Waals surface area contributed by atoms with E-state index in [-0.39, 0.29) is 30.0 Å². The van der Waals surface area contributed by atoms with Crippen LogP contribution in [0.25, 0.3) is 22.3 Å². The zero-order valence-corrected chi connectivity index (χ0v) is 22.8. The Morgan fingerprint density at radius 3 is 2.52 bits per heavy atom. The minimum Gasteiger partial charge on any atom is -0.473 e. The molecule has 5 rings (SSSR count). The van der Waals surface area contributed by atoms with Crippen LogP contribution >= 0.6 is 0 Å². The predicted molar refractivity (Wildman–Crippen MR) is 152 cm³/mol. The van der Waals surface area contributed by atoms with Gasteiger partial charge in [0.15, 0.2) is 0 Å². The van der Waals surface area contributed by atoms with Crippen molar-refractivity contribution in [1.82, 2.24) is 14.5 Å². The lowest BCUT2D eigenvalue weighted by Crippen LogP contribution is -2.10. The van der Waals surface area contributed by atoms with Gasteiger partial charge in [-0.1, -0.05) is 30.3 Å². The maximum atomic E-state index is 15.4. The normalized spacial score (nSPS) is 11.9. The van der Waals surface area contributed by atoms with Crippen molar-refractivity contribution in [2.24, 2.45) is 0 Å². The Morgan fingerprint density at radius 1 is 0.976 bits per heavy atom. The fraction of sp³-hybridized carbons (Fsp3) is 0.219. The number of hydrogen-bond donors (Lipinski definition) is 2. The molecule has 0 amide bonds. The summed E-state index contributed by atoms with van der Waals surface area (Å²) in [7, 11) is 1.59. The highest BCUT2D eigenvalue weighted by atomic mass is 19.1. The van der Waals surface area contributed by atoms with Crippen LogP contribution in [0.3, 0.4) is 0 Å². The second kappa shape index (κ2) is 12.9. The van der Waals surface area contributed by atoms with E-state index in [1.165, 1.54) is 18.2 Å². The fourth-order valence-electron chi connectivity index (χ4n) is 4.63. The standard InChI is InChI=1S/C32H28F2N4O4/c1-41-12-11-38-29-15-23(30(40)18-39)9-10-28(29)36-31(38)16-21-7-8-22(14-26(21)34)27-3-2-4-32(37-27)42-19-24-6-5-20(17-35)13-25(24)33/h2-10,13-15,30,39-40H,11-12,16,18-19H2,1H3/t30-/m1/s1. The Labute approximate surface area is 241 Å². The van der Waals surface area contributed by atoms with E-state index < -0.39 is 24.3 Å². The first-order valence-electron chi connectivity index (χ1n) is 13.2. The van der Waals surface area contributed by atoms with E-state index in [0.29, 0.717) is 46.9 Å². The number of methoxy groups -OCH3 is 1. The number of rotatable bonds is 11. The molecule has 2 heterocycles. The number of halogens is 2. The van der Waals surface area contributed by atoms with E-state index in [4.69, 9.17) is 19.7 Å². The molecule has 2 aromatic heterocycles. The highest BCUT2D eigenvalue weighted by molar-refractivity contribution is 5.77. The Balaban J connectivity index is 1.36. The largest absolute Gasteiger partial charge is 0.473 e. The molecule has 0 fully saturated rings. The van der Waals surface area contributed by atoms with Crippen molar-refractivity contribution in [2.75, 3.05) is 20.3 Å². The molecule has 0 bridgehead atoms. The third-order valence-corrected chi connectivity index (χ3v) is 6.91. The minimum atomic E-state index is -1.01. The lowest BCUT2D eigenvalue weighted by molar-refractivity contribution is 0.0957. The first kappa shape index (κ1) is 28.8. The van der Waals surface area contributed by atoms with E-state index in [1.54, 1.807) is 55.6 Å². The zero-order chi connectivity index (χ0) is 29.6. The Bertz CT molecular complexity index is 1770. The van der Waals surface area contributed by atoms with E-state index in [1.807, 2.05) is 10.6 Å². The number of aliphatic hydroxyl groups is 2. The summed E-state index contributed by atoms with van der Waals surface area (Å²) in [6.45, 7) is 0.409. The molecule has 2 N–H and O–H groups in total. The summed E-state index contributed by atoms with van der Waals surface area (Å²) >= 11 is 0. The van der Waals surface area contributed by atoms with Gasteiger partial charge in [0.25, 0.3) is 0 Å². The van der Waals surface area contributed by atoms with Crippen LogP contribution in [0.1, 0.15) is 34.2 Å². The van der Waals surface area contributed by atoms with E-state index in [0.717, 1.165) is 11.6 Å². The third-order valence-electron chi connectivity index (χ3n) is 6.91. The lowest BCUT2D eigenvalue weighted by Gasteiger charge is -2.12. The van der Waals surface area contributed by atoms with E-state index >= 15 is 4.39 Å². The molecule has 5 aromatic rings. The highest BCUT2D eigenvalue weighted by Gasteiger charge is 2.17. The Morgan fingerprint density at radius 2 is 1.79 bits per heavy atom. The van der Waals surface area contributed by atoms with Crippen molar-refractivity contribution in [1.29, 1.82) is 5.26 Å². The van der Waals surface area contributed by atoms with Crippen molar-refractivity contribution in [2.45, 2.75) is 25.7 Å². The molecule has 0 aliphatic rings. The SMILES string of the molecule is COCCn1c(Cc2ccc(-c3cccc(OCc4ccc(C#N)cc4F)n3)cc2F)nc2ccc([C@H](O)CO)cc21. The van der Waals surface area contributed by atoms with Crippen LogP contribution in [0.5, 0.6) is 5.88 Å². The number of aromatic nitrogens is 3. The number of nitriles is 1. The maximum absolute atomic E-state index is 15.4. The van der Waals surface area contributed by atoms with Gasteiger partial charge in [-0.25, -0.2) is 18.7 Å². The average molecular weight is 571 g/mol. The first-order valence-corrected chi connectivity index (χ1v) is 13.2. The second-order valence-electron chi connectivity index (χ2n) is 9.67. The quantitative estimate of drug-likeness (QED) is 0.227. The molecule has 0 saturated heterocycles. The Hall–Kier alpha value is -4.69. The van der Waals surface area contributed by atoms with Crippen LogP contribution < -0.4 is 4.74 Å². The number of benzene rings is 3. The second-order valence-corrected chi connectivity index (χ2v) is 9.67. The zero-order valence-electron chi connectivity index (χ0n) is 22.8. The molecule has 0 saturated carbocycles. The fourth-order valence-corrected chi connectivity index (χ4v) is 4.63. The van der Waals surface area contributed by atoms with Gasteiger partial charge in [-0.3, -0.25) is 0 Å². The van der Waals surface area contributed by atoms with Crippen LogP contribution in [0.15, 0.2) is 72.8 Å². The van der Waals surface area contributed by atoms with Gasteiger partial charge in [-0.2, -0.15) is 5.26 Å². The molecule has 42 heavy (non-hydrogen) atoms. The minimum absolute atomic E-state index is 0.0776. The number of aliphatic hydroxyl groups excluding tert-OH is 2. The molecule has 0 unspecified atom stereocenters. The smallest absolute Gasteiger partial charge is 0.214 e. The number of fused-ring (bicyclic) bond motifs is 1. The number of hydrogen-bond acceptors (Lipinski definition) is 7. The molecule has 0 radical (unpaired) electrons. The van der Waals surface area contributed by atoms with E-state index in [2.05, 4.69) is 4.98 Å². The van der Waals surface area contributed by atoms with Crippen molar-refractivity contribution < 1.29 is 28.5 Å². The van der Waals surface area contributed by atoms with Gasteiger partial charge in [0.2, 0.25) is 5.88 Å². The molecular formula is C32H28F2N4O4. The molecule has 0 aliphatic heterocycles. The maximum Gasteiger partial charge on any atom is 0.214 e. The lowest BCUT2D eigenvalue weighted by atomic mass is 10.1. The summed E-state index contributed by atoms with van der Waals surface area (Å²) in [5, 5.41) is 28.4. The molecule has 214 valence electrons. The topological polar surface area (TPSA) is 113 Å². The van der Waals surface area contributed by atoms with Gasteiger partial charge in [-0.15, -0.1) is 0 Å². The van der Waals surface area contributed by atoms with Crippen molar-refractivity contribution >= 4 is 11.0 Å². The number of pyridine rings is 1. The van der Waals surface area contributed by atoms with Gasteiger partial charge in [0, 0.05) is 37.3 Å². The summed E-state index contributed by atoms with van der Waals surface area (Å²) < 4.78 is 42.5. The molecule has 0 aliphatic carbocycles. The summed E-state index contributed by atoms with van der Waals surface area (Å²) in [6, 6.07) is 21.2. The molecule has 0 spiro atoms. The van der Waals surface area contributed by atoms with Crippen LogP contribution in [-0.4, -0.2) is 45.1 Å². The van der Waals surface area contributed by atoms with Crippen molar-refractivity contribution in [3.05, 3.63) is 113 Å². The molecular weight excluding hydrogens is 542 g/mol. The van der Waals surface area contributed by atoms with Crippen molar-refractivity contribution in [3.63, 3.8) is 0 Å². The summed E-state index contributed by atoms with van der Waals surface area (Å²) in [6.07, 6.45) is -0.793. The highest BCUT2D eigenvalue weighted by Crippen LogP contribution is 2.27. The number of imidazole rings is 1. The number of nitrogens with zero attached hydrogens (tertiary/aromatic N) is 4. The average Bonchev–Trinajstić information content (AvgIpc) is 3.35. The molecule has 8 nitrogen and oxygen atoms in total. The van der Waals surface area contributed by atoms with Gasteiger partial charge in [0.05, 0.1) is 41.6 Å². The molecule has 10 heteroatoms. The predicted octanol–water partition coefficient (Wildman–Crippen LogP) is 5.09. The van der Waals surface area contributed by atoms with Crippen LogP contribution in [-0.2, 0) is 24.3 Å². The van der Waals surface area contributed by atoms with Gasteiger partial charge in [-0.05, 0) is 47.5 Å². The van der Waals surface area contributed by atoms with Gasteiger partial charge in [0.1, 0.15) is 30.2 Å². The van der Waals surface area contributed by atoms with E-state index in [9.17, 15) is 14.6 Å². The van der Waals surface area contributed by atoms with Crippen LogP contribution in [0.2, 0.25) is 0 Å². The van der Waals surface area contributed by atoms with Gasteiger partial charge >= 0.3 is 0 Å². The van der Waals surface area contributed by atoms with Gasteiger partial charge < -0.3 is 24.3 Å². The molecule has 3 aromatic carbocycles. The van der Waals surface area contributed by atoms with Crippen molar-refractivity contribution in [3.8, 4) is 23.2 Å². The van der Waals surface area contributed by atoms with Crippen LogP contribution in [0.4, 0.5) is 8.78 Å². The monoisotopic (exact) mass is 570 g/mol. The summed E-state index contributed by atoms with van der Waals surface area (Å²) in [5.74, 6) is -0.0880. The first-order chi connectivity index (χ1) is 20.4. The number of ether oxygens (including phenoxy) is 2. The third kappa shape index (κ3) is 6.29.